The van der Waals surface area contributed by atoms with E-state index in [2.05, 4.69) is 10.6 Å². The van der Waals surface area contributed by atoms with Crippen LogP contribution in [0.15, 0.2) is 48.5 Å². The van der Waals surface area contributed by atoms with E-state index in [4.69, 9.17) is 9.47 Å². The molecule has 11 heteroatoms. The van der Waals surface area contributed by atoms with Gasteiger partial charge in [0.15, 0.2) is 15.4 Å². The molecular weight excluding hydrogens is 462 g/mol. The Labute approximate surface area is 197 Å². The molecule has 0 bridgehead atoms. The molecule has 180 valence electrons. The second-order valence-electron chi connectivity index (χ2n) is 8.20. The minimum atomic E-state index is -3.19. The van der Waals surface area contributed by atoms with Gasteiger partial charge in [0.1, 0.15) is 18.0 Å². The number of carbonyl (C=O) groups excluding carboxylic acids is 3. The van der Waals surface area contributed by atoms with Crippen molar-refractivity contribution in [3.8, 4) is 11.5 Å². The molecule has 2 aliphatic heterocycles. The monoisotopic (exact) mass is 487 g/mol. The van der Waals surface area contributed by atoms with E-state index in [1.807, 2.05) is 0 Å². The second-order valence-corrected chi connectivity index (χ2v) is 10.4. The fourth-order valence-electron chi connectivity index (χ4n) is 4.29. The standard InChI is InChI=1S/C23H25N3O7S/c1-32-18-7-3-15(4-8-18)23(16-5-9-19(33-2)10-6-16)21(28)26(22(29)25-23)13-20(27)24-17-11-12-34(30,31)14-17/h3-10,17H,11-14H2,1-2H3,(H,24,27)(H,25,29)/t17-/m1/s1. The van der Waals surface area contributed by atoms with Crippen LogP contribution in [0.25, 0.3) is 0 Å². The summed E-state index contributed by atoms with van der Waals surface area (Å²) in [4.78, 5) is 40.1. The number of amides is 4. The molecule has 2 saturated heterocycles. The van der Waals surface area contributed by atoms with Crippen molar-refractivity contribution >= 4 is 27.7 Å². The Morgan fingerprint density at radius 1 is 1.03 bits per heavy atom. The van der Waals surface area contributed by atoms with Crippen molar-refractivity contribution in [3.05, 3.63) is 59.7 Å². The summed E-state index contributed by atoms with van der Waals surface area (Å²) in [6, 6.07) is 12.1. The second kappa shape index (κ2) is 8.98. The highest BCUT2D eigenvalue weighted by Crippen LogP contribution is 2.37. The molecule has 34 heavy (non-hydrogen) atoms. The first-order valence-electron chi connectivity index (χ1n) is 10.6. The number of urea groups is 1. The molecule has 4 rings (SSSR count). The molecule has 0 aromatic heterocycles. The summed E-state index contributed by atoms with van der Waals surface area (Å²) in [5, 5.41) is 5.38. The van der Waals surface area contributed by atoms with Crippen LogP contribution in [0, 0.1) is 0 Å². The first-order chi connectivity index (χ1) is 16.2. The van der Waals surface area contributed by atoms with Gasteiger partial charge in [-0.25, -0.2) is 13.2 Å². The zero-order valence-electron chi connectivity index (χ0n) is 18.7. The van der Waals surface area contributed by atoms with Gasteiger partial charge in [-0.1, -0.05) is 24.3 Å². The van der Waals surface area contributed by atoms with Crippen molar-refractivity contribution in [2.75, 3.05) is 32.3 Å². The van der Waals surface area contributed by atoms with E-state index in [1.54, 1.807) is 48.5 Å². The SMILES string of the molecule is COc1ccc(C2(c3ccc(OC)cc3)NC(=O)N(CC(=O)N[C@@H]3CCS(=O)(=O)C3)C2=O)cc1. The van der Waals surface area contributed by atoms with Gasteiger partial charge >= 0.3 is 6.03 Å². The minimum absolute atomic E-state index is 0.000865. The number of rotatable bonds is 7. The smallest absolute Gasteiger partial charge is 0.326 e. The normalized spacial score (nSPS) is 20.6. The summed E-state index contributed by atoms with van der Waals surface area (Å²) < 4.78 is 33.7. The van der Waals surface area contributed by atoms with Crippen LogP contribution in [0.5, 0.6) is 11.5 Å². The number of benzene rings is 2. The molecule has 0 unspecified atom stereocenters. The Kier molecular flexibility index (Phi) is 6.22. The Morgan fingerprint density at radius 3 is 2.00 bits per heavy atom. The zero-order valence-corrected chi connectivity index (χ0v) is 19.6. The van der Waals surface area contributed by atoms with Crippen LogP contribution in [0.1, 0.15) is 17.5 Å². The zero-order chi connectivity index (χ0) is 24.5. The number of hydrogen-bond acceptors (Lipinski definition) is 7. The predicted molar refractivity (Wildman–Crippen MR) is 122 cm³/mol. The number of sulfone groups is 1. The van der Waals surface area contributed by atoms with E-state index in [9.17, 15) is 22.8 Å². The summed E-state index contributed by atoms with van der Waals surface area (Å²) in [7, 11) is -0.146. The molecule has 0 aliphatic carbocycles. The summed E-state index contributed by atoms with van der Waals surface area (Å²) in [6.07, 6.45) is 0.301. The van der Waals surface area contributed by atoms with Gasteiger partial charge in [-0.15, -0.1) is 0 Å². The molecule has 2 fully saturated rings. The van der Waals surface area contributed by atoms with Gasteiger partial charge in [-0.2, -0.15) is 0 Å². The van der Waals surface area contributed by atoms with Gasteiger partial charge in [0.05, 0.1) is 25.7 Å². The van der Waals surface area contributed by atoms with Gasteiger partial charge in [0, 0.05) is 6.04 Å². The maximum Gasteiger partial charge on any atom is 0.326 e. The van der Waals surface area contributed by atoms with Crippen LogP contribution in [-0.2, 0) is 25.0 Å². The van der Waals surface area contributed by atoms with Crippen molar-refractivity contribution in [2.24, 2.45) is 0 Å². The number of nitrogens with one attached hydrogen (secondary N) is 2. The maximum absolute atomic E-state index is 13.7. The lowest BCUT2D eigenvalue weighted by Gasteiger charge is -2.28. The summed E-state index contributed by atoms with van der Waals surface area (Å²) >= 11 is 0. The summed E-state index contributed by atoms with van der Waals surface area (Å²) in [6.45, 7) is -0.532. The number of carbonyl (C=O) groups is 3. The molecule has 0 spiro atoms. The highest BCUT2D eigenvalue weighted by atomic mass is 32.2. The van der Waals surface area contributed by atoms with E-state index in [1.165, 1.54) is 14.2 Å². The lowest BCUT2D eigenvalue weighted by atomic mass is 9.82. The number of ether oxygens (including phenoxy) is 2. The molecule has 2 aromatic rings. The van der Waals surface area contributed by atoms with Crippen molar-refractivity contribution in [1.82, 2.24) is 15.5 Å². The molecule has 2 aromatic carbocycles. The molecular formula is C23H25N3O7S. The summed E-state index contributed by atoms with van der Waals surface area (Å²) in [5.74, 6) is -0.228. The van der Waals surface area contributed by atoms with Crippen LogP contribution < -0.4 is 20.1 Å². The van der Waals surface area contributed by atoms with Gasteiger partial charge in [0.2, 0.25) is 5.91 Å². The average Bonchev–Trinajstić information content (AvgIpc) is 3.30. The lowest BCUT2D eigenvalue weighted by Crippen LogP contribution is -2.47. The predicted octanol–water partition coefficient (Wildman–Crippen LogP) is 0.803. The van der Waals surface area contributed by atoms with E-state index in [-0.39, 0.29) is 11.5 Å². The number of methoxy groups -OCH3 is 2. The maximum atomic E-state index is 13.7. The van der Waals surface area contributed by atoms with Crippen LogP contribution in [0.2, 0.25) is 0 Å². The van der Waals surface area contributed by atoms with E-state index in [0.29, 0.717) is 29.0 Å². The van der Waals surface area contributed by atoms with Gasteiger partial charge in [-0.3, -0.25) is 14.5 Å². The Hall–Kier alpha value is -3.60. The first kappa shape index (κ1) is 23.6. The van der Waals surface area contributed by atoms with Crippen LogP contribution in [-0.4, -0.2) is 69.5 Å². The van der Waals surface area contributed by atoms with Crippen molar-refractivity contribution in [3.63, 3.8) is 0 Å². The molecule has 2 N–H and O–H groups in total. The minimum Gasteiger partial charge on any atom is -0.497 e. The van der Waals surface area contributed by atoms with Crippen molar-refractivity contribution in [1.29, 1.82) is 0 Å². The fraction of sp³-hybridized carbons (Fsp3) is 0.348. The van der Waals surface area contributed by atoms with Crippen LogP contribution in [0.3, 0.4) is 0 Å². The van der Waals surface area contributed by atoms with E-state index >= 15 is 0 Å². The first-order valence-corrected chi connectivity index (χ1v) is 12.4. The van der Waals surface area contributed by atoms with E-state index in [0.717, 1.165) is 4.90 Å². The number of hydrogen-bond donors (Lipinski definition) is 2. The van der Waals surface area contributed by atoms with Gasteiger partial charge < -0.3 is 20.1 Å². The van der Waals surface area contributed by atoms with Gasteiger partial charge in [0.25, 0.3) is 5.91 Å². The molecule has 10 nitrogen and oxygen atoms in total. The molecule has 0 saturated carbocycles. The quantitative estimate of drug-likeness (QED) is 0.553. The van der Waals surface area contributed by atoms with E-state index < -0.39 is 45.8 Å². The van der Waals surface area contributed by atoms with Crippen LogP contribution in [0.4, 0.5) is 4.79 Å². The molecule has 0 radical (unpaired) electrons. The highest BCUT2D eigenvalue weighted by molar-refractivity contribution is 7.91. The lowest BCUT2D eigenvalue weighted by molar-refractivity contribution is -0.134. The summed E-state index contributed by atoms with van der Waals surface area (Å²) in [5.41, 5.74) is -0.588. The Morgan fingerprint density at radius 2 is 1.56 bits per heavy atom. The molecule has 4 amide bonds. The van der Waals surface area contributed by atoms with Gasteiger partial charge in [-0.05, 0) is 41.8 Å². The average molecular weight is 488 g/mol. The Bertz CT molecular complexity index is 1160. The molecule has 2 heterocycles. The fourth-order valence-corrected chi connectivity index (χ4v) is 5.96. The largest absolute Gasteiger partial charge is 0.497 e. The van der Waals surface area contributed by atoms with Crippen LogP contribution >= 0.6 is 0 Å². The van der Waals surface area contributed by atoms with Crippen molar-refractivity contribution in [2.45, 2.75) is 18.0 Å². The topological polar surface area (TPSA) is 131 Å². The molecule has 2 aliphatic rings. The third-order valence-electron chi connectivity index (χ3n) is 6.05. The number of nitrogens with zero attached hydrogens (tertiary/aromatic N) is 1. The third-order valence-corrected chi connectivity index (χ3v) is 7.82. The Balaban J connectivity index is 1.64. The van der Waals surface area contributed by atoms with Crippen molar-refractivity contribution < 1.29 is 32.3 Å². The highest BCUT2D eigenvalue weighted by Gasteiger charge is 2.54. The molecule has 1 atom stereocenters. The third kappa shape index (κ3) is 4.30. The number of imide groups is 1.